The highest BCUT2D eigenvalue weighted by Crippen LogP contribution is 2.70. The number of allylic oxidation sites excluding steroid dienone is 2. The molecule has 0 aromatic carbocycles. The first-order chi connectivity index (χ1) is 9.24. The summed E-state index contributed by atoms with van der Waals surface area (Å²) in [6.45, 7) is 2.27. The van der Waals surface area contributed by atoms with Crippen LogP contribution >= 0.6 is 0 Å². The zero-order valence-corrected chi connectivity index (χ0v) is 13.3. The lowest BCUT2D eigenvalue weighted by Gasteiger charge is -2.43. The smallest absolute Gasteiger partial charge is 0.340 e. The number of hydrogen-bond acceptors (Lipinski definition) is 2. The summed E-state index contributed by atoms with van der Waals surface area (Å²) in [4.78, 5) is 0. The predicted octanol–water partition coefficient (Wildman–Crippen LogP) is 3.59. The van der Waals surface area contributed by atoms with Crippen LogP contribution in [0.2, 0.25) is 11.6 Å². The first kappa shape index (κ1) is 12.6. The molecule has 0 N–H and O–H groups in total. The molecule has 4 bridgehead atoms. The third kappa shape index (κ3) is 1.44. The second-order valence-corrected chi connectivity index (χ2v) is 11.1. The topological polar surface area (TPSA) is 18.5 Å². The predicted molar refractivity (Wildman–Crippen MR) is 77.9 cm³/mol. The van der Waals surface area contributed by atoms with Gasteiger partial charge in [-0.3, -0.25) is 0 Å². The SMILES string of the molecule is CC[Si](OC)(OC)C1CC2CC1C1C3C=CC(C3)C21. The molecule has 4 aliphatic carbocycles. The van der Waals surface area contributed by atoms with Crippen molar-refractivity contribution in [3.63, 3.8) is 0 Å². The van der Waals surface area contributed by atoms with Gasteiger partial charge in [-0.1, -0.05) is 19.1 Å². The molecule has 3 heteroatoms. The van der Waals surface area contributed by atoms with E-state index >= 15 is 0 Å². The van der Waals surface area contributed by atoms with Crippen molar-refractivity contribution in [2.24, 2.45) is 35.5 Å². The van der Waals surface area contributed by atoms with Crippen LogP contribution in [-0.2, 0) is 8.85 Å². The normalized spacial score (nSPS) is 50.2. The minimum atomic E-state index is -1.95. The lowest BCUT2D eigenvalue weighted by molar-refractivity contribution is 0.158. The minimum Gasteiger partial charge on any atom is -0.397 e. The molecule has 7 atom stereocenters. The van der Waals surface area contributed by atoms with Gasteiger partial charge in [0, 0.05) is 19.8 Å². The monoisotopic (exact) mass is 278 g/mol. The molecule has 0 saturated heterocycles. The molecular weight excluding hydrogens is 252 g/mol. The largest absolute Gasteiger partial charge is 0.397 e. The van der Waals surface area contributed by atoms with Gasteiger partial charge in [0.2, 0.25) is 0 Å². The maximum absolute atomic E-state index is 6.00. The molecule has 0 aliphatic heterocycles. The van der Waals surface area contributed by atoms with E-state index in [1.54, 1.807) is 0 Å². The summed E-state index contributed by atoms with van der Waals surface area (Å²) in [6, 6.07) is 1.11. The van der Waals surface area contributed by atoms with Crippen molar-refractivity contribution in [3.05, 3.63) is 12.2 Å². The van der Waals surface area contributed by atoms with E-state index in [2.05, 4.69) is 19.1 Å². The Morgan fingerprint density at radius 1 is 1.00 bits per heavy atom. The van der Waals surface area contributed by atoms with Gasteiger partial charge in [0.1, 0.15) is 0 Å². The Balaban J connectivity index is 1.64. The molecule has 0 aromatic heterocycles. The Labute approximate surface area is 117 Å². The molecule has 3 fully saturated rings. The van der Waals surface area contributed by atoms with Gasteiger partial charge in [0.05, 0.1) is 0 Å². The van der Waals surface area contributed by atoms with E-state index in [1.807, 2.05) is 14.2 Å². The molecular formula is C16H26O2Si. The van der Waals surface area contributed by atoms with Crippen molar-refractivity contribution in [1.29, 1.82) is 0 Å². The summed E-state index contributed by atoms with van der Waals surface area (Å²) in [5, 5.41) is 0. The lowest BCUT2D eigenvalue weighted by atomic mass is 9.73. The second kappa shape index (κ2) is 4.19. The molecule has 2 nitrogen and oxygen atoms in total. The van der Waals surface area contributed by atoms with E-state index in [4.69, 9.17) is 8.85 Å². The van der Waals surface area contributed by atoms with Gasteiger partial charge in [-0.15, -0.1) is 0 Å². The fourth-order valence-electron chi connectivity index (χ4n) is 6.46. The van der Waals surface area contributed by atoms with E-state index in [0.717, 1.165) is 47.1 Å². The lowest BCUT2D eigenvalue weighted by Crippen LogP contribution is -2.49. The van der Waals surface area contributed by atoms with Crippen molar-refractivity contribution in [2.45, 2.75) is 37.8 Å². The third-order valence-electron chi connectivity index (χ3n) is 7.02. The summed E-state index contributed by atoms with van der Waals surface area (Å²) in [7, 11) is 1.84. The highest BCUT2D eigenvalue weighted by molar-refractivity contribution is 6.69. The van der Waals surface area contributed by atoms with Crippen molar-refractivity contribution < 1.29 is 8.85 Å². The molecule has 4 rings (SSSR count). The molecule has 0 heterocycles. The molecule has 0 radical (unpaired) electrons. The average Bonchev–Trinajstić information content (AvgIpc) is 3.20. The molecule has 0 amide bonds. The fraction of sp³-hybridized carbons (Fsp3) is 0.875. The number of hydrogen-bond donors (Lipinski definition) is 0. The fourth-order valence-corrected chi connectivity index (χ4v) is 10.0. The zero-order chi connectivity index (χ0) is 13.2. The Morgan fingerprint density at radius 2 is 1.68 bits per heavy atom. The summed E-state index contributed by atoms with van der Waals surface area (Å²) in [6.07, 6.45) is 9.37. The second-order valence-electron chi connectivity index (χ2n) is 7.18. The third-order valence-corrected chi connectivity index (χ3v) is 11.2. The highest BCUT2D eigenvalue weighted by atomic mass is 28.4. The summed E-state index contributed by atoms with van der Waals surface area (Å²) >= 11 is 0. The van der Waals surface area contributed by atoms with E-state index in [9.17, 15) is 0 Å². The standard InChI is InChI=1S/C16H26O2Si/c1-4-19(17-2,18-3)14-9-12-8-13(14)16-11-6-5-10(7-11)15(12)16/h5-6,10-16H,4,7-9H2,1-3H3. The van der Waals surface area contributed by atoms with Gasteiger partial charge in [-0.2, -0.15) is 0 Å². The molecule has 0 spiro atoms. The zero-order valence-electron chi connectivity index (χ0n) is 12.3. The average molecular weight is 278 g/mol. The van der Waals surface area contributed by atoms with Crippen molar-refractivity contribution in [1.82, 2.24) is 0 Å². The maximum atomic E-state index is 6.00. The van der Waals surface area contributed by atoms with Crippen LogP contribution in [0.1, 0.15) is 26.2 Å². The van der Waals surface area contributed by atoms with Crippen LogP contribution in [0.25, 0.3) is 0 Å². The molecule has 19 heavy (non-hydrogen) atoms. The maximum Gasteiger partial charge on any atom is 0.340 e. The van der Waals surface area contributed by atoms with Crippen LogP contribution in [0, 0.1) is 35.5 Å². The van der Waals surface area contributed by atoms with Gasteiger partial charge in [0.25, 0.3) is 0 Å². The van der Waals surface area contributed by atoms with Crippen LogP contribution in [0.15, 0.2) is 12.2 Å². The quantitative estimate of drug-likeness (QED) is 0.444. The van der Waals surface area contributed by atoms with Gasteiger partial charge in [-0.05, 0) is 60.8 Å². The van der Waals surface area contributed by atoms with Gasteiger partial charge >= 0.3 is 8.56 Å². The summed E-state index contributed by atoms with van der Waals surface area (Å²) < 4.78 is 12.0. The summed E-state index contributed by atoms with van der Waals surface area (Å²) in [5.74, 6) is 5.69. The Morgan fingerprint density at radius 3 is 2.32 bits per heavy atom. The number of rotatable bonds is 4. The van der Waals surface area contributed by atoms with Crippen LogP contribution < -0.4 is 0 Å². The molecule has 4 aliphatic rings. The Bertz CT molecular complexity index is 395. The molecule has 3 saturated carbocycles. The Kier molecular flexibility index (Phi) is 2.78. The Hall–Kier alpha value is -0.123. The first-order valence-electron chi connectivity index (χ1n) is 8.02. The van der Waals surface area contributed by atoms with Gasteiger partial charge in [0.15, 0.2) is 0 Å². The van der Waals surface area contributed by atoms with Crippen LogP contribution in [0.3, 0.4) is 0 Å². The van der Waals surface area contributed by atoms with E-state index in [0.29, 0.717) is 0 Å². The van der Waals surface area contributed by atoms with Crippen LogP contribution in [0.5, 0.6) is 0 Å². The van der Waals surface area contributed by atoms with Crippen molar-refractivity contribution >= 4 is 8.56 Å². The first-order valence-corrected chi connectivity index (χ1v) is 10.1. The minimum absolute atomic E-state index is 0.756. The van der Waals surface area contributed by atoms with Crippen molar-refractivity contribution in [2.75, 3.05) is 14.2 Å². The highest BCUT2D eigenvalue weighted by Gasteiger charge is 2.65. The number of fused-ring (bicyclic) bond motifs is 9. The molecule has 0 aromatic rings. The van der Waals surface area contributed by atoms with Crippen molar-refractivity contribution in [3.8, 4) is 0 Å². The van der Waals surface area contributed by atoms with E-state index in [-0.39, 0.29) is 0 Å². The van der Waals surface area contributed by atoms with Crippen LogP contribution in [-0.4, -0.2) is 22.8 Å². The van der Waals surface area contributed by atoms with Gasteiger partial charge < -0.3 is 8.85 Å². The van der Waals surface area contributed by atoms with Crippen LogP contribution in [0.4, 0.5) is 0 Å². The van der Waals surface area contributed by atoms with Gasteiger partial charge in [-0.25, -0.2) is 0 Å². The summed E-state index contributed by atoms with van der Waals surface area (Å²) in [5.41, 5.74) is 0.756. The molecule has 106 valence electrons. The van der Waals surface area contributed by atoms with E-state index in [1.165, 1.54) is 19.3 Å². The molecule has 7 unspecified atom stereocenters. The van der Waals surface area contributed by atoms with E-state index < -0.39 is 8.56 Å².